The number of anilines is 2. The fourth-order valence-electron chi connectivity index (χ4n) is 3.56. The van der Waals surface area contributed by atoms with Crippen molar-refractivity contribution in [2.24, 2.45) is 15.5 Å². The van der Waals surface area contributed by atoms with E-state index in [2.05, 4.69) is 15.5 Å². The van der Waals surface area contributed by atoms with Crippen LogP contribution < -0.4 is 9.91 Å². The van der Waals surface area contributed by atoms with E-state index in [9.17, 15) is 19.5 Å². The zero-order valence-corrected chi connectivity index (χ0v) is 18.5. The number of hydrogen-bond acceptors (Lipinski definition) is 8. The zero-order chi connectivity index (χ0) is 23.8. The molecule has 2 aromatic rings. The van der Waals surface area contributed by atoms with Gasteiger partial charge in [0, 0.05) is 0 Å². The molecule has 0 fully saturated rings. The first-order valence-corrected chi connectivity index (χ1v) is 10.4. The van der Waals surface area contributed by atoms with E-state index in [1.54, 1.807) is 30.4 Å². The van der Waals surface area contributed by atoms with Crippen LogP contribution in [0.15, 0.2) is 64.1 Å². The molecule has 1 amide bonds. The van der Waals surface area contributed by atoms with Crippen LogP contribution in [0, 0.1) is 6.92 Å². The van der Waals surface area contributed by atoms with Gasteiger partial charge < -0.3 is 14.8 Å². The van der Waals surface area contributed by atoms with Gasteiger partial charge in [0.05, 0.1) is 37.2 Å². The van der Waals surface area contributed by atoms with E-state index in [0.717, 1.165) is 11.1 Å². The number of benzene rings is 2. The van der Waals surface area contributed by atoms with E-state index >= 15 is 0 Å². The number of amides is 1. The van der Waals surface area contributed by atoms with E-state index < -0.39 is 17.9 Å². The molecule has 0 bridgehead atoms. The van der Waals surface area contributed by atoms with Crippen molar-refractivity contribution < 1.29 is 19.5 Å². The maximum atomic E-state index is 13.3. The second-order valence-corrected chi connectivity index (χ2v) is 7.68. The fraction of sp³-hybridized carbons (Fsp3) is 0.304. The SMILES string of the molecule is Cc1ccc(N2CC=NN=N2)c(N(CC=O)C(=O)CN(C)C(Cc2ccccc2)C(=O)O)c1. The van der Waals surface area contributed by atoms with E-state index in [4.69, 9.17) is 0 Å². The molecule has 33 heavy (non-hydrogen) atoms. The largest absolute Gasteiger partial charge is 0.480 e. The first-order valence-electron chi connectivity index (χ1n) is 10.4. The number of aryl methyl sites for hydroxylation is 1. The molecule has 1 aliphatic heterocycles. The third kappa shape index (κ3) is 6.07. The molecule has 0 radical (unpaired) electrons. The topological polar surface area (TPSA) is 118 Å². The maximum Gasteiger partial charge on any atom is 0.321 e. The van der Waals surface area contributed by atoms with Crippen LogP contribution in [-0.2, 0) is 20.8 Å². The first-order chi connectivity index (χ1) is 15.9. The molecule has 172 valence electrons. The van der Waals surface area contributed by atoms with Crippen molar-refractivity contribution in [3.05, 3.63) is 59.7 Å². The Balaban J connectivity index is 1.84. The molecule has 10 heteroatoms. The summed E-state index contributed by atoms with van der Waals surface area (Å²) in [5.41, 5.74) is 2.82. The van der Waals surface area contributed by atoms with E-state index in [-0.39, 0.29) is 19.5 Å². The van der Waals surface area contributed by atoms with Gasteiger partial charge >= 0.3 is 5.97 Å². The Kier molecular flexibility index (Phi) is 7.98. The molecule has 3 rings (SSSR count). The lowest BCUT2D eigenvalue weighted by Crippen LogP contribution is -2.47. The average Bonchev–Trinajstić information content (AvgIpc) is 2.81. The van der Waals surface area contributed by atoms with Crippen LogP contribution >= 0.6 is 0 Å². The number of carbonyl (C=O) groups is 3. The van der Waals surface area contributed by atoms with Crippen molar-refractivity contribution in [1.29, 1.82) is 0 Å². The third-order valence-corrected chi connectivity index (χ3v) is 5.27. The van der Waals surface area contributed by atoms with E-state index in [0.29, 0.717) is 24.2 Å². The van der Waals surface area contributed by atoms with Gasteiger partial charge in [0.1, 0.15) is 12.3 Å². The molecule has 1 atom stereocenters. The Labute approximate surface area is 191 Å². The molecule has 10 nitrogen and oxygen atoms in total. The standard InChI is InChI=1S/C23H26N6O4/c1-17-8-9-19(29-11-10-24-25-26-29)20(14-17)28(12-13-30)22(31)16-27(2)21(23(32)33)15-18-6-4-3-5-7-18/h3-10,13-14,21H,11-12,15-16H2,1-2H3,(H,32,33). The molecular weight excluding hydrogens is 424 g/mol. The van der Waals surface area contributed by atoms with Crippen LogP contribution in [0.3, 0.4) is 0 Å². The molecule has 0 saturated carbocycles. The van der Waals surface area contributed by atoms with Crippen molar-refractivity contribution >= 4 is 35.8 Å². The monoisotopic (exact) mass is 450 g/mol. The minimum Gasteiger partial charge on any atom is -0.480 e. The summed E-state index contributed by atoms with van der Waals surface area (Å²) in [6.45, 7) is 1.87. The van der Waals surface area contributed by atoms with Gasteiger partial charge in [-0.15, -0.1) is 5.10 Å². The van der Waals surface area contributed by atoms with Gasteiger partial charge in [-0.05, 0) is 54.1 Å². The van der Waals surface area contributed by atoms with Crippen molar-refractivity contribution in [1.82, 2.24) is 4.90 Å². The maximum absolute atomic E-state index is 13.3. The second-order valence-electron chi connectivity index (χ2n) is 7.68. The summed E-state index contributed by atoms with van der Waals surface area (Å²) in [4.78, 5) is 39.5. The van der Waals surface area contributed by atoms with Gasteiger partial charge in [0.2, 0.25) is 5.91 Å². The summed E-state index contributed by atoms with van der Waals surface area (Å²) in [7, 11) is 1.59. The Hall–Kier alpha value is -3.92. The van der Waals surface area contributed by atoms with Crippen molar-refractivity contribution in [3.8, 4) is 0 Å². The smallest absolute Gasteiger partial charge is 0.321 e. The van der Waals surface area contributed by atoms with Gasteiger partial charge in [-0.3, -0.25) is 14.5 Å². The number of aldehydes is 1. The number of aliphatic carboxylic acids is 1. The van der Waals surface area contributed by atoms with Gasteiger partial charge in [-0.1, -0.05) is 36.4 Å². The quantitative estimate of drug-likeness (QED) is 0.555. The predicted octanol–water partition coefficient (Wildman–Crippen LogP) is 2.33. The molecule has 0 aliphatic carbocycles. The molecule has 0 saturated heterocycles. The lowest BCUT2D eigenvalue weighted by Gasteiger charge is -2.30. The summed E-state index contributed by atoms with van der Waals surface area (Å²) in [6.07, 6.45) is 2.47. The molecule has 1 heterocycles. The van der Waals surface area contributed by atoms with Crippen LogP contribution in [0.2, 0.25) is 0 Å². The van der Waals surface area contributed by atoms with Gasteiger partial charge in [-0.2, -0.15) is 0 Å². The molecule has 0 aromatic heterocycles. The van der Waals surface area contributed by atoms with Gasteiger partial charge in [0.15, 0.2) is 0 Å². The Morgan fingerprint density at radius 1 is 1.21 bits per heavy atom. The van der Waals surface area contributed by atoms with Crippen LogP contribution in [0.1, 0.15) is 11.1 Å². The molecule has 1 N–H and O–H groups in total. The predicted molar refractivity (Wildman–Crippen MR) is 124 cm³/mol. The number of likely N-dealkylation sites (N-methyl/N-ethyl adjacent to an activating group) is 1. The Morgan fingerprint density at radius 2 is 1.97 bits per heavy atom. The first kappa shape index (κ1) is 23.7. The van der Waals surface area contributed by atoms with Crippen molar-refractivity contribution in [3.63, 3.8) is 0 Å². The third-order valence-electron chi connectivity index (χ3n) is 5.27. The normalized spacial score (nSPS) is 13.7. The molecule has 1 aliphatic rings. The number of carbonyl (C=O) groups excluding carboxylic acids is 2. The van der Waals surface area contributed by atoms with Gasteiger partial charge in [-0.25, -0.2) is 5.01 Å². The van der Waals surface area contributed by atoms with Crippen LogP contribution in [0.25, 0.3) is 0 Å². The molecule has 2 aromatic carbocycles. The summed E-state index contributed by atoms with van der Waals surface area (Å²) in [5.74, 6) is -1.43. The summed E-state index contributed by atoms with van der Waals surface area (Å²) in [5, 5.41) is 22.7. The zero-order valence-electron chi connectivity index (χ0n) is 18.5. The summed E-state index contributed by atoms with van der Waals surface area (Å²) < 4.78 is 0. The minimum absolute atomic E-state index is 0.182. The van der Waals surface area contributed by atoms with Crippen molar-refractivity contribution in [2.75, 3.05) is 36.6 Å². The highest BCUT2D eigenvalue weighted by molar-refractivity contribution is 6.00. The molecule has 0 spiro atoms. The lowest BCUT2D eigenvalue weighted by atomic mass is 10.0. The number of rotatable bonds is 10. The van der Waals surface area contributed by atoms with E-state index in [1.807, 2.05) is 43.3 Å². The Morgan fingerprint density at radius 3 is 2.61 bits per heavy atom. The minimum atomic E-state index is -1.03. The second kappa shape index (κ2) is 11.1. The number of carboxylic acid groups (broad SMARTS) is 1. The molecule has 1 unspecified atom stereocenters. The summed E-state index contributed by atoms with van der Waals surface area (Å²) in [6, 6.07) is 13.8. The van der Waals surface area contributed by atoms with Crippen LogP contribution in [-0.4, -0.2) is 67.1 Å². The number of nitrogens with zero attached hydrogens (tertiary/aromatic N) is 6. The lowest BCUT2D eigenvalue weighted by molar-refractivity contribution is -0.143. The van der Waals surface area contributed by atoms with Crippen molar-refractivity contribution in [2.45, 2.75) is 19.4 Å². The van der Waals surface area contributed by atoms with Crippen LogP contribution in [0.5, 0.6) is 0 Å². The fourth-order valence-corrected chi connectivity index (χ4v) is 3.56. The van der Waals surface area contributed by atoms with E-state index in [1.165, 1.54) is 9.80 Å². The Bertz CT molecular complexity index is 1060. The molecular formula is C23H26N6O4. The highest BCUT2D eigenvalue weighted by Crippen LogP contribution is 2.31. The highest BCUT2D eigenvalue weighted by Gasteiger charge is 2.28. The summed E-state index contributed by atoms with van der Waals surface area (Å²) >= 11 is 0. The number of hydrogen-bond donors (Lipinski definition) is 1. The van der Waals surface area contributed by atoms with Gasteiger partial charge in [0.25, 0.3) is 0 Å². The van der Waals surface area contributed by atoms with Crippen LogP contribution in [0.4, 0.5) is 11.4 Å². The average molecular weight is 450 g/mol. The highest BCUT2D eigenvalue weighted by atomic mass is 16.4. The number of carboxylic acids is 1.